The summed E-state index contributed by atoms with van der Waals surface area (Å²) in [5, 5.41) is 14.8. The molecule has 2 aliphatic heterocycles. The Morgan fingerprint density at radius 2 is 1.93 bits per heavy atom. The van der Waals surface area contributed by atoms with Gasteiger partial charge in [0.25, 0.3) is 5.91 Å². The Morgan fingerprint density at radius 1 is 1.10 bits per heavy atom. The predicted molar refractivity (Wildman–Crippen MR) is 155 cm³/mol. The molecular formula is C31H28ClN5O5. The molecule has 0 aliphatic carbocycles. The van der Waals surface area contributed by atoms with Crippen molar-refractivity contribution in [1.82, 2.24) is 19.7 Å². The van der Waals surface area contributed by atoms with Crippen LogP contribution in [0.4, 0.5) is 0 Å². The first-order valence-electron chi connectivity index (χ1n) is 13.3. The molecule has 2 aliphatic rings. The number of morpholine rings is 1. The fraction of sp³-hybridized carbons (Fsp3) is 0.290. The maximum absolute atomic E-state index is 14.1. The summed E-state index contributed by atoms with van der Waals surface area (Å²) in [5.41, 5.74) is 4.24. The van der Waals surface area contributed by atoms with Crippen LogP contribution in [0.5, 0.6) is 17.2 Å². The number of nitriles is 1. The number of halogens is 1. The van der Waals surface area contributed by atoms with Crippen LogP contribution in [0.3, 0.4) is 0 Å². The van der Waals surface area contributed by atoms with Crippen LogP contribution in [0.15, 0.2) is 48.8 Å². The topological polar surface area (TPSA) is 112 Å². The summed E-state index contributed by atoms with van der Waals surface area (Å²) >= 11 is 6.48. The highest BCUT2D eigenvalue weighted by Gasteiger charge is 2.39. The Labute approximate surface area is 248 Å². The Kier molecular flexibility index (Phi) is 7.01. The van der Waals surface area contributed by atoms with Crippen LogP contribution >= 0.6 is 11.6 Å². The van der Waals surface area contributed by atoms with Crippen molar-refractivity contribution in [2.45, 2.75) is 26.0 Å². The van der Waals surface area contributed by atoms with Crippen molar-refractivity contribution < 1.29 is 23.7 Å². The average Bonchev–Trinajstić information content (AvgIpc) is 3.40. The van der Waals surface area contributed by atoms with Gasteiger partial charge in [0.2, 0.25) is 0 Å². The molecule has 11 heteroatoms. The number of hydrogen-bond acceptors (Lipinski definition) is 8. The molecule has 214 valence electrons. The number of aromatic nitrogens is 3. The molecule has 0 radical (unpaired) electrons. The predicted octanol–water partition coefficient (Wildman–Crippen LogP) is 5.29. The zero-order valence-electron chi connectivity index (χ0n) is 23.6. The molecule has 4 aromatic rings. The monoisotopic (exact) mass is 585 g/mol. The second kappa shape index (κ2) is 10.7. The maximum Gasteiger partial charge on any atom is 0.275 e. The van der Waals surface area contributed by atoms with Gasteiger partial charge in [-0.2, -0.15) is 10.4 Å². The second-order valence-electron chi connectivity index (χ2n) is 10.7. The molecule has 0 spiro atoms. The van der Waals surface area contributed by atoms with Gasteiger partial charge in [-0.05, 0) is 38.1 Å². The van der Waals surface area contributed by atoms with Crippen LogP contribution in [0, 0.1) is 11.3 Å². The molecule has 0 saturated carbocycles. The summed E-state index contributed by atoms with van der Waals surface area (Å²) in [5.74, 6) is 1.45. The molecule has 0 N–H and O–H groups in total. The number of hydrogen-bond donors (Lipinski definition) is 0. The zero-order valence-corrected chi connectivity index (χ0v) is 24.4. The molecule has 42 heavy (non-hydrogen) atoms. The van der Waals surface area contributed by atoms with Crippen LogP contribution in [-0.2, 0) is 11.3 Å². The van der Waals surface area contributed by atoms with E-state index in [0.717, 1.165) is 0 Å². The van der Waals surface area contributed by atoms with Gasteiger partial charge in [-0.3, -0.25) is 9.78 Å². The Hall–Kier alpha value is -4.59. The van der Waals surface area contributed by atoms with Crippen LogP contribution < -0.4 is 14.2 Å². The largest absolute Gasteiger partial charge is 0.497 e. The van der Waals surface area contributed by atoms with Gasteiger partial charge in [0.1, 0.15) is 29.9 Å². The Morgan fingerprint density at radius 3 is 2.67 bits per heavy atom. The molecule has 1 fully saturated rings. The summed E-state index contributed by atoms with van der Waals surface area (Å²) < 4.78 is 24.8. The SMILES string of the molecule is COc1cc(Cl)cc(-n2nc(C(=O)N3CCOCC3(C)C)c3c2-c2cc(-c4cncc(C#N)c4)c(OC)cc2OC3)c1. The minimum atomic E-state index is -0.516. The van der Waals surface area contributed by atoms with Crippen molar-refractivity contribution in [2.24, 2.45) is 0 Å². The number of amides is 1. The molecule has 4 heterocycles. The number of fused-ring (bicyclic) bond motifs is 3. The summed E-state index contributed by atoms with van der Waals surface area (Å²) in [7, 11) is 3.14. The van der Waals surface area contributed by atoms with E-state index >= 15 is 0 Å². The van der Waals surface area contributed by atoms with Crippen molar-refractivity contribution in [3.63, 3.8) is 0 Å². The highest BCUT2D eigenvalue weighted by molar-refractivity contribution is 6.30. The number of rotatable bonds is 5. The third kappa shape index (κ3) is 4.70. The van der Waals surface area contributed by atoms with Gasteiger partial charge in [-0.25, -0.2) is 4.68 Å². The fourth-order valence-electron chi connectivity index (χ4n) is 5.43. The number of benzene rings is 2. The van der Waals surface area contributed by atoms with E-state index in [-0.39, 0.29) is 18.2 Å². The summed E-state index contributed by atoms with van der Waals surface area (Å²) in [4.78, 5) is 20.2. The standard InChI is InChI=1S/C31H28ClN5O5/c1-31(2)17-41-6-5-36(31)30(38)28-25-16-42-27-12-26(40-4)23(19-7-18(13-33)14-34-15-19)11-24(27)29(25)37(35-28)21-8-20(32)9-22(10-21)39-3/h7-12,14-15H,5-6,16-17H2,1-4H3. The van der Waals surface area contributed by atoms with Crippen LogP contribution in [0.25, 0.3) is 28.1 Å². The lowest BCUT2D eigenvalue weighted by Crippen LogP contribution is -2.55. The number of methoxy groups -OCH3 is 2. The molecule has 6 rings (SSSR count). The van der Waals surface area contributed by atoms with E-state index in [9.17, 15) is 10.1 Å². The van der Waals surface area contributed by atoms with E-state index < -0.39 is 5.54 Å². The van der Waals surface area contributed by atoms with E-state index in [1.165, 1.54) is 6.20 Å². The van der Waals surface area contributed by atoms with Crippen molar-refractivity contribution in [2.75, 3.05) is 34.0 Å². The highest BCUT2D eigenvalue weighted by atomic mass is 35.5. The van der Waals surface area contributed by atoms with Gasteiger partial charge >= 0.3 is 0 Å². The molecule has 1 saturated heterocycles. The lowest BCUT2D eigenvalue weighted by molar-refractivity contribution is -0.0374. The smallest absolute Gasteiger partial charge is 0.275 e. The van der Waals surface area contributed by atoms with Crippen molar-refractivity contribution in [1.29, 1.82) is 5.26 Å². The third-order valence-corrected chi connectivity index (χ3v) is 7.74. The lowest BCUT2D eigenvalue weighted by atomic mass is 9.95. The van der Waals surface area contributed by atoms with Crippen molar-refractivity contribution >= 4 is 17.5 Å². The Bertz CT molecular complexity index is 1760. The lowest BCUT2D eigenvalue weighted by Gasteiger charge is -2.41. The van der Waals surface area contributed by atoms with Gasteiger partial charge in [0, 0.05) is 58.3 Å². The van der Waals surface area contributed by atoms with E-state index in [1.54, 1.807) is 54.3 Å². The average molecular weight is 586 g/mol. The van der Waals surface area contributed by atoms with Gasteiger partial charge < -0.3 is 23.8 Å². The zero-order chi connectivity index (χ0) is 29.6. The van der Waals surface area contributed by atoms with Crippen LogP contribution in [-0.4, -0.2) is 65.1 Å². The first-order valence-corrected chi connectivity index (χ1v) is 13.7. The van der Waals surface area contributed by atoms with Crippen molar-refractivity contribution in [3.8, 4) is 51.4 Å². The van der Waals surface area contributed by atoms with E-state index in [1.807, 2.05) is 26.0 Å². The molecule has 2 aromatic heterocycles. The summed E-state index contributed by atoms with van der Waals surface area (Å²) in [6.45, 7) is 5.39. The minimum Gasteiger partial charge on any atom is -0.497 e. The normalized spacial score (nSPS) is 15.2. The number of carbonyl (C=O) groups excluding carboxylic acids is 1. The van der Waals surface area contributed by atoms with Crippen LogP contribution in [0.2, 0.25) is 5.02 Å². The summed E-state index contributed by atoms with van der Waals surface area (Å²) in [6.07, 6.45) is 3.17. The molecule has 2 aromatic carbocycles. The number of nitrogens with zero attached hydrogens (tertiary/aromatic N) is 5. The molecule has 10 nitrogen and oxygen atoms in total. The van der Waals surface area contributed by atoms with E-state index in [0.29, 0.717) is 81.2 Å². The molecule has 0 atom stereocenters. The fourth-order valence-corrected chi connectivity index (χ4v) is 5.65. The number of carbonyl (C=O) groups is 1. The van der Waals surface area contributed by atoms with Gasteiger partial charge in [0.15, 0.2) is 5.69 Å². The quantitative estimate of drug-likeness (QED) is 0.311. The molecule has 0 bridgehead atoms. The van der Waals surface area contributed by atoms with Crippen molar-refractivity contribution in [3.05, 3.63) is 70.6 Å². The number of pyridine rings is 1. The third-order valence-electron chi connectivity index (χ3n) is 7.52. The first-order chi connectivity index (χ1) is 20.2. The van der Waals surface area contributed by atoms with Gasteiger partial charge in [0.05, 0.1) is 49.9 Å². The van der Waals surface area contributed by atoms with E-state index in [2.05, 4.69) is 11.1 Å². The first kappa shape index (κ1) is 27.6. The second-order valence-corrected chi connectivity index (χ2v) is 11.1. The van der Waals surface area contributed by atoms with E-state index in [4.69, 9.17) is 35.6 Å². The van der Waals surface area contributed by atoms with Gasteiger partial charge in [-0.1, -0.05) is 11.6 Å². The number of ether oxygens (including phenoxy) is 4. The molecular weight excluding hydrogens is 558 g/mol. The minimum absolute atomic E-state index is 0.125. The highest BCUT2D eigenvalue weighted by Crippen LogP contribution is 2.46. The maximum atomic E-state index is 14.1. The van der Waals surface area contributed by atoms with Gasteiger partial charge in [-0.15, -0.1) is 0 Å². The van der Waals surface area contributed by atoms with Crippen LogP contribution in [0.1, 0.15) is 35.5 Å². The summed E-state index contributed by atoms with van der Waals surface area (Å²) in [6, 6.07) is 12.9. The molecule has 0 unspecified atom stereocenters. The molecule has 1 amide bonds. The Balaban J connectivity index is 1.60.